The van der Waals surface area contributed by atoms with Crippen LogP contribution in [-0.4, -0.2) is 5.91 Å². The first-order valence-electron chi connectivity index (χ1n) is 7.10. The van der Waals surface area contributed by atoms with E-state index in [1.807, 2.05) is 36.4 Å². The number of carbonyl (C=O) groups is 1. The molecule has 0 bridgehead atoms. The lowest BCUT2D eigenvalue weighted by atomic mass is 10.0. The summed E-state index contributed by atoms with van der Waals surface area (Å²) in [6.07, 6.45) is 1.89. The topological polar surface area (TPSA) is 52.9 Å². The Kier molecular flexibility index (Phi) is 5.11. The van der Waals surface area contributed by atoms with Gasteiger partial charge in [-0.05, 0) is 36.2 Å². The van der Waals surface area contributed by atoms with Crippen LogP contribution in [-0.2, 0) is 0 Å². The van der Waals surface area contributed by atoms with Gasteiger partial charge < -0.3 is 5.32 Å². The van der Waals surface area contributed by atoms with Crippen molar-refractivity contribution in [1.82, 2.24) is 5.32 Å². The molecular formula is C18H18N2O. The minimum atomic E-state index is -0.109. The van der Waals surface area contributed by atoms with Crippen LogP contribution in [0.4, 0.5) is 0 Å². The summed E-state index contributed by atoms with van der Waals surface area (Å²) >= 11 is 0. The van der Waals surface area contributed by atoms with E-state index in [-0.39, 0.29) is 11.9 Å². The standard InChI is InChI=1S/C18H18N2O/c1-2-6-17(15-7-4-3-5-8-15)20-18(21)16-11-9-14(13-19)10-12-16/h3-5,7-12,17H,2,6H2,1H3,(H,20,21)/t17-/m0/s1. The highest BCUT2D eigenvalue weighted by molar-refractivity contribution is 5.94. The number of hydrogen-bond acceptors (Lipinski definition) is 2. The Morgan fingerprint density at radius 1 is 1.14 bits per heavy atom. The smallest absolute Gasteiger partial charge is 0.251 e. The second-order valence-corrected chi connectivity index (χ2v) is 4.91. The molecule has 0 saturated carbocycles. The first kappa shape index (κ1) is 14.8. The molecular weight excluding hydrogens is 260 g/mol. The van der Waals surface area contributed by atoms with Gasteiger partial charge in [0, 0.05) is 5.56 Å². The Balaban J connectivity index is 2.13. The largest absolute Gasteiger partial charge is 0.345 e. The van der Waals surface area contributed by atoms with Gasteiger partial charge in [0.05, 0.1) is 17.7 Å². The highest BCUT2D eigenvalue weighted by Gasteiger charge is 2.14. The minimum absolute atomic E-state index is 0.0133. The van der Waals surface area contributed by atoms with Gasteiger partial charge in [0.2, 0.25) is 0 Å². The normalized spacial score (nSPS) is 11.4. The summed E-state index contributed by atoms with van der Waals surface area (Å²) in [5.74, 6) is -0.109. The fraction of sp³-hybridized carbons (Fsp3) is 0.222. The van der Waals surface area contributed by atoms with Crippen LogP contribution in [0.2, 0.25) is 0 Å². The number of hydrogen-bond donors (Lipinski definition) is 1. The van der Waals surface area contributed by atoms with Gasteiger partial charge in [0.1, 0.15) is 0 Å². The van der Waals surface area contributed by atoms with Crippen LogP contribution in [0.3, 0.4) is 0 Å². The van der Waals surface area contributed by atoms with Crippen LogP contribution in [0.25, 0.3) is 0 Å². The Hall–Kier alpha value is -2.60. The third-order valence-electron chi connectivity index (χ3n) is 3.36. The first-order chi connectivity index (χ1) is 10.2. The van der Waals surface area contributed by atoms with Crippen molar-refractivity contribution in [2.75, 3.05) is 0 Å². The van der Waals surface area contributed by atoms with Crippen molar-refractivity contribution in [3.63, 3.8) is 0 Å². The van der Waals surface area contributed by atoms with Crippen molar-refractivity contribution in [2.24, 2.45) is 0 Å². The van der Waals surface area contributed by atoms with Gasteiger partial charge in [-0.3, -0.25) is 4.79 Å². The minimum Gasteiger partial charge on any atom is -0.345 e. The molecule has 0 aliphatic heterocycles. The number of amides is 1. The molecule has 0 unspecified atom stereocenters. The van der Waals surface area contributed by atoms with Crippen LogP contribution in [0.1, 0.15) is 47.3 Å². The summed E-state index contributed by atoms with van der Waals surface area (Å²) in [6.45, 7) is 2.10. The summed E-state index contributed by atoms with van der Waals surface area (Å²) in [6, 6.07) is 18.7. The first-order valence-corrected chi connectivity index (χ1v) is 7.10. The Bertz CT molecular complexity index is 627. The lowest BCUT2D eigenvalue weighted by Gasteiger charge is -2.18. The molecule has 2 rings (SSSR count). The average Bonchev–Trinajstić information content (AvgIpc) is 2.55. The molecule has 0 aromatic heterocycles. The van der Waals surface area contributed by atoms with Crippen molar-refractivity contribution < 1.29 is 4.79 Å². The van der Waals surface area contributed by atoms with Crippen molar-refractivity contribution in [2.45, 2.75) is 25.8 Å². The van der Waals surface area contributed by atoms with E-state index in [1.165, 1.54) is 0 Å². The quantitative estimate of drug-likeness (QED) is 0.903. The number of carbonyl (C=O) groups excluding carboxylic acids is 1. The zero-order valence-corrected chi connectivity index (χ0v) is 12.0. The fourth-order valence-electron chi connectivity index (χ4n) is 2.23. The average molecular weight is 278 g/mol. The third-order valence-corrected chi connectivity index (χ3v) is 3.36. The number of benzene rings is 2. The number of nitrogens with one attached hydrogen (secondary N) is 1. The van der Waals surface area contributed by atoms with E-state index < -0.39 is 0 Å². The maximum Gasteiger partial charge on any atom is 0.251 e. The van der Waals surface area contributed by atoms with Crippen LogP contribution >= 0.6 is 0 Å². The van der Waals surface area contributed by atoms with Gasteiger partial charge in [-0.15, -0.1) is 0 Å². The molecule has 1 atom stereocenters. The van der Waals surface area contributed by atoms with Crippen LogP contribution in [0.5, 0.6) is 0 Å². The molecule has 3 nitrogen and oxygen atoms in total. The van der Waals surface area contributed by atoms with Gasteiger partial charge in [0.25, 0.3) is 5.91 Å². The summed E-state index contributed by atoms with van der Waals surface area (Å²) in [4.78, 5) is 12.3. The summed E-state index contributed by atoms with van der Waals surface area (Å²) in [5.41, 5.74) is 2.24. The Morgan fingerprint density at radius 3 is 2.38 bits per heavy atom. The predicted molar refractivity (Wildman–Crippen MR) is 82.7 cm³/mol. The molecule has 0 fully saturated rings. The molecule has 2 aromatic rings. The van der Waals surface area contributed by atoms with Crippen molar-refractivity contribution in [3.05, 3.63) is 71.3 Å². The molecule has 21 heavy (non-hydrogen) atoms. The third kappa shape index (κ3) is 3.93. The molecule has 3 heteroatoms. The summed E-state index contributed by atoms with van der Waals surface area (Å²) in [7, 11) is 0. The lowest BCUT2D eigenvalue weighted by molar-refractivity contribution is 0.0934. The highest BCUT2D eigenvalue weighted by Crippen LogP contribution is 2.19. The zero-order valence-electron chi connectivity index (χ0n) is 12.0. The number of nitrogens with zero attached hydrogens (tertiary/aromatic N) is 1. The van der Waals surface area contributed by atoms with Gasteiger partial charge in [-0.25, -0.2) is 0 Å². The summed E-state index contributed by atoms with van der Waals surface area (Å²) in [5, 5.41) is 11.8. The van der Waals surface area contributed by atoms with Gasteiger partial charge in [0.15, 0.2) is 0 Å². The SMILES string of the molecule is CCC[C@H](NC(=O)c1ccc(C#N)cc1)c1ccccc1. The predicted octanol–water partition coefficient (Wildman–Crippen LogP) is 3.83. The molecule has 0 radical (unpaired) electrons. The van der Waals surface area contributed by atoms with E-state index in [9.17, 15) is 4.79 Å². The molecule has 106 valence electrons. The lowest BCUT2D eigenvalue weighted by Crippen LogP contribution is -2.28. The number of nitriles is 1. The Morgan fingerprint density at radius 2 is 1.81 bits per heavy atom. The molecule has 0 aliphatic rings. The second kappa shape index (κ2) is 7.25. The highest BCUT2D eigenvalue weighted by atomic mass is 16.1. The number of rotatable bonds is 5. The monoisotopic (exact) mass is 278 g/mol. The van der Waals surface area contributed by atoms with E-state index in [2.05, 4.69) is 12.2 Å². The molecule has 0 aliphatic carbocycles. The van der Waals surface area contributed by atoms with Crippen LogP contribution < -0.4 is 5.32 Å². The summed E-state index contributed by atoms with van der Waals surface area (Å²) < 4.78 is 0. The molecule has 1 amide bonds. The van der Waals surface area contributed by atoms with Crippen molar-refractivity contribution in [3.8, 4) is 6.07 Å². The Labute approximate surface area is 125 Å². The fourth-order valence-corrected chi connectivity index (χ4v) is 2.23. The maximum atomic E-state index is 12.3. The second-order valence-electron chi connectivity index (χ2n) is 4.91. The van der Waals surface area contributed by atoms with Crippen molar-refractivity contribution in [1.29, 1.82) is 5.26 Å². The van der Waals surface area contributed by atoms with Gasteiger partial charge >= 0.3 is 0 Å². The van der Waals surface area contributed by atoms with Gasteiger partial charge in [-0.2, -0.15) is 5.26 Å². The molecule has 0 heterocycles. The molecule has 1 N–H and O–H groups in total. The van der Waals surface area contributed by atoms with E-state index in [4.69, 9.17) is 5.26 Å². The maximum absolute atomic E-state index is 12.3. The van der Waals surface area contributed by atoms with E-state index in [1.54, 1.807) is 24.3 Å². The van der Waals surface area contributed by atoms with E-state index in [0.29, 0.717) is 11.1 Å². The van der Waals surface area contributed by atoms with E-state index in [0.717, 1.165) is 18.4 Å². The van der Waals surface area contributed by atoms with Gasteiger partial charge in [-0.1, -0.05) is 43.7 Å². The molecule has 2 aromatic carbocycles. The van der Waals surface area contributed by atoms with Crippen LogP contribution in [0, 0.1) is 11.3 Å². The molecule has 0 spiro atoms. The molecule has 0 saturated heterocycles. The zero-order chi connectivity index (χ0) is 15.1. The van der Waals surface area contributed by atoms with Crippen molar-refractivity contribution >= 4 is 5.91 Å². The van der Waals surface area contributed by atoms with E-state index >= 15 is 0 Å². The van der Waals surface area contributed by atoms with Crippen LogP contribution in [0.15, 0.2) is 54.6 Å².